The highest BCUT2D eigenvalue weighted by Crippen LogP contribution is 2.42. The number of nitrogens with one attached hydrogen (secondary N) is 1. The number of aromatic nitrogens is 4. The predicted octanol–water partition coefficient (Wildman–Crippen LogP) is 4.56. The van der Waals surface area contributed by atoms with Crippen LogP contribution in [0.1, 0.15) is 33.9 Å². The standard InChI is InChI=1S/C25H25F3N6O2S/c1-36-23(35)18-9-16-3-2-15(8-17(16)31-18)11-33-6-4-24(12-33)5-7-34(13-24)21-20-22(30-14-29-21)37-19(32-20)10-25(26,27)28/h2-3,8-9,14,31H,4-7,10-13H2,1H3. The van der Waals surface area contributed by atoms with Gasteiger partial charge in [0.1, 0.15) is 27.4 Å². The number of nitrogens with zero attached hydrogens (tertiary/aromatic N) is 5. The molecule has 1 atom stereocenters. The summed E-state index contributed by atoms with van der Waals surface area (Å²) in [5, 5.41) is 0.980. The van der Waals surface area contributed by atoms with Crippen LogP contribution in [0.4, 0.5) is 19.0 Å². The number of H-pyrrole nitrogens is 1. The highest BCUT2D eigenvalue weighted by Gasteiger charge is 2.44. The van der Waals surface area contributed by atoms with Gasteiger partial charge >= 0.3 is 12.1 Å². The lowest BCUT2D eigenvalue weighted by molar-refractivity contribution is -0.127. The SMILES string of the molecule is COC(=O)c1cc2ccc(CN3CCC4(CCN(c5ncnc6sc(CC(F)(F)F)nc56)C4)C3)cc2[nH]1. The number of fused-ring (bicyclic) bond motifs is 2. The fourth-order valence-electron chi connectivity index (χ4n) is 5.63. The molecule has 1 unspecified atom stereocenters. The molecule has 2 aliphatic rings. The maximum atomic E-state index is 12.9. The van der Waals surface area contributed by atoms with E-state index in [1.54, 1.807) is 6.07 Å². The monoisotopic (exact) mass is 530 g/mol. The Labute approximate surface area is 214 Å². The van der Waals surface area contributed by atoms with E-state index >= 15 is 0 Å². The minimum Gasteiger partial charge on any atom is -0.464 e. The quantitative estimate of drug-likeness (QED) is 0.379. The molecule has 1 N–H and O–H groups in total. The number of carbonyl (C=O) groups excluding carboxylic acids is 1. The predicted molar refractivity (Wildman–Crippen MR) is 134 cm³/mol. The summed E-state index contributed by atoms with van der Waals surface area (Å²) in [5.74, 6) is 0.240. The van der Waals surface area contributed by atoms with Gasteiger partial charge in [-0.15, -0.1) is 0 Å². The van der Waals surface area contributed by atoms with Crippen LogP contribution in [-0.4, -0.2) is 70.3 Å². The van der Waals surface area contributed by atoms with Crippen LogP contribution >= 0.6 is 11.3 Å². The molecule has 1 spiro atoms. The maximum absolute atomic E-state index is 12.9. The molecular formula is C25H25F3N6O2S. The normalized spacial score (nSPS) is 20.6. The molecule has 0 saturated carbocycles. The molecule has 2 fully saturated rings. The Morgan fingerprint density at radius 3 is 2.84 bits per heavy atom. The Hall–Kier alpha value is -3.25. The fourth-order valence-corrected chi connectivity index (χ4v) is 6.56. The van der Waals surface area contributed by atoms with Crippen LogP contribution in [0.25, 0.3) is 21.3 Å². The molecule has 12 heteroatoms. The van der Waals surface area contributed by atoms with Crippen LogP contribution in [0.3, 0.4) is 0 Å². The first-order chi connectivity index (χ1) is 17.7. The number of carbonyl (C=O) groups is 1. The minimum atomic E-state index is -4.30. The average Bonchev–Trinajstić information content (AvgIpc) is 3.63. The van der Waals surface area contributed by atoms with Crippen molar-refractivity contribution in [3.8, 4) is 0 Å². The lowest BCUT2D eigenvalue weighted by Gasteiger charge is -2.25. The summed E-state index contributed by atoms with van der Waals surface area (Å²) in [6, 6.07) is 7.97. The Kier molecular flexibility index (Phi) is 5.83. The highest BCUT2D eigenvalue weighted by atomic mass is 32.1. The topological polar surface area (TPSA) is 87.2 Å². The summed E-state index contributed by atoms with van der Waals surface area (Å²) in [5.41, 5.74) is 3.07. The number of hydrogen-bond donors (Lipinski definition) is 1. The van der Waals surface area contributed by atoms with E-state index in [0.717, 1.165) is 73.4 Å². The number of hydrogen-bond acceptors (Lipinski definition) is 8. The molecule has 194 valence electrons. The van der Waals surface area contributed by atoms with Crippen LogP contribution in [0.15, 0.2) is 30.6 Å². The number of benzene rings is 1. The van der Waals surface area contributed by atoms with E-state index in [4.69, 9.17) is 4.74 Å². The van der Waals surface area contributed by atoms with E-state index in [2.05, 4.69) is 41.9 Å². The van der Waals surface area contributed by atoms with Crippen molar-refractivity contribution in [2.24, 2.45) is 5.41 Å². The van der Waals surface area contributed by atoms with E-state index in [0.29, 0.717) is 21.9 Å². The molecule has 3 aromatic heterocycles. The van der Waals surface area contributed by atoms with Crippen LogP contribution in [0, 0.1) is 5.41 Å². The number of anilines is 1. The first-order valence-electron chi connectivity index (χ1n) is 12.0. The second kappa shape index (κ2) is 8.95. The third-order valence-corrected chi connectivity index (χ3v) is 8.29. The van der Waals surface area contributed by atoms with E-state index in [1.807, 2.05) is 6.07 Å². The van der Waals surface area contributed by atoms with Crippen molar-refractivity contribution in [3.05, 3.63) is 46.9 Å². The summed E-state index contributed by atoms with van der Waals surface area (Å²) in [7, 11) is 1.36. The van der Waals surface area contributed by atoms with Crippen molar-refractivity contribution < 1.29 is 22.7 Å². The molecule has 1 aromatic carbocycles. The highest BCUT2D eigenvalue weighted by molar-refractivity contribution is 7.18. The molecule has 0 amide bonds. The van der Waals surface area contributed by atoms with E-state index in [-0.39, 0.29) is 16.4 Å². The van der Waals surface area contributed by atoms with Gasteiger partial charge in [0.2, 0.25) is 0 Å². The van der Waals surface area contributed by atoms with E-state index < -0.39 is 12.6 Å². The van der Waals surface area contributed by atoms with Crippen molar-refractivity contribution in [1.82, 2.24) is 24.8 Å². The van der Waals surface area contributed by atoms with Crippen molar-refractivity contribution >= 4 is 44.4 Å². The molecule has 4 aromatic rings. The molecule has 37 heavy (non-hydrogen) atoms. The third kappa shape index (κ3) is 4.75. The van der Waals surface area contributed by atoms with Gasteiger partial charge < -0.3 is 14.6 Å². The van der Waals surface area contributed by atoms with Crippen LogP contribution in [0.5, 0.6) is 0 Å². The van der Waals surface area contributed by atoms with Gasteiger partial charge in [0, 0.05) is 42.5 Å². The molecule has 2 saturated heterocycles. The summed E-state index contributed by atoms with van der Waals surface area (Å²) < 4.78 is 43.5. The molecule has 5 heterocycles. The van der Waals surface area contributed by atoms with Gasteiger partial charge in [-0.1, -0.05) is 23.5 Å². The number of rotatable bonds is 5. The molecular weight excluding hydrogens is 505 g/mol. The number of halogens is 3. The van der Waals surface area contributed by atoms with Gasteiger partial charge in [0.25, 0.3) is 0 Å². The Bertz CT molecular complexity index is 1480. The Morgan fingerprint density at radius 1 is 1.19 bits per heavy atom. The molecule has 0 aliphatic carbocycles. The molecule has 6 rings (SSSR count). The van der Waals surface area contributed by atoms with E-state index in [9.17, 15) is 18.0 Å². The Morgan fingerprint density at radius 2 is 2.03 bits per heavy atom. The number of thiazole rings is 1. The molecule has 8 nitrogen and oxygen atoms in total. The number of esters is 1. The first kappa shape index (κ1) is 24.1. The largest absolute Gasteiger partial charge is 0.464 e. The zero-order valence-corrected chi connectivity index (χ0v) is 21.0. The number of alkyl halides is 3. The van der Waals surface area contributed by atoms with Crippen molar-refractivity contribution in [3.63, 3.8) is 0 Å². The fraction of sp³-hybridized carbons (Fsp3) is 0.440. The lowest BCUT2D eigenvalue weighted by atomic mass is 9.86. The summed E-state index contributed by atoms with van der Waals surface area (Å²) in [6.07, 6.45) is -1.90. The summed E-state index contributed by atoms with van der Waals surface area (Å²) >= 11 is 0.982. The van der Waals surface area contributed by atoms with Gasteiger partial charge in [-0.25, -0.2) is 19.7 Å². The first-order valence-corrected chi connectivity index (χ1v) is 12.9. The van der Waals surface area contributed by atoms with Gasteiger partial charge in [0.15, 0.2) is 5.82 Å². The molecule has 0 radical (unpaired) electrons. The minimum absolute atomic E-state index is 0.0166. The van der Waals surface area contributed by atoms with Gasteiger partial charge in [-0.3, -0.25) is 4.90 Å². The Balaban J connectivity index is 1.15. The van der Waals surface area contributed by atoms with Crippen molar-refractivity contribution in [2.75, 3.05) is 38.2 Å². The number of likely N-dealkylation sites (tertiary alicyclic amines) is 1. The third-order valence-electron chi connectivity index (χ3n) is 7.33. The number of methoxy groups -OCH3 is 1. The van der Waals surface area contributed by atoms with Crippen LogP contribution in [0.2, 0.25) is 0 Å². The van der Waals surface area contributed by atoms with Crippen LogP contribution in [-0.2, 0) is 17.7 Å². The summed E-state index contributed by atoms with van der Waals surface area (Å²) in [4.78, 5) is 32.9. The van der Waals surface area contributed by atoms with E-state index in [1.165, 1.54) is 13.4 Å². The molecule has 0 bridgehead atoms. The molecule has 2 aliphatic heterocycles. The number of aromatic amines is 1. The smallest absolute Gasteiger partial charge is 0.395 e. The van der Waals surface area contributed by atoms with Crippen molar-refractivity contribution in [2.45, 2.75) is 32.0 Å². The van der Waals surface area contributed by atoms with Crippen LogP contribution < -0.4 is 4.90 Å². The second-order valence-corrected chi connectivity index (χ2v) is 11.0. The zero-order chi connectivity index (χ0) is 25.8. The maximum Gasteiger partial charge on any atom is 0.395 e. The lowest BCUT2D eigenvalue weighted by Crippen LogP contribution is -2.31. The average molecular weight is 531 g/mol. The summed E-state index contributed by atoms with van der Waals surface area (Å²) in [6.45, 7) is 4.28. The number of ether oxygens (including phenoxy) is 1. The van der Waals surface area contributed by atoms with Gasteiger partial charge in [-0.2, -0.15) is 13.2 Å². The second-order valence-electron chi connectivity index (χ2n) is 9.98. The van der Waals surface area contributed by atoms with Gasteiger partial charge in [-0.05, 0) is 37.1 Å². The van der Waals surface area contributed by atoms with Gasteiger partial charge in [0.05, 0.1) is 13.5 Å². The zero-order valence-electron chi connectivity index (χ0n) is 20.1. The van der Waals surface area contributed by atoms with Crippen molar-refractivity contribution in [1.29, 1.82) is 0 Å².